The first-order valence-corrected chi connectivity index (χ1v) is 8.49. The molecule has 1 saturated carbocycles. The van der Waals surface area contributed by atoms with Crippen molar-refractivity contribution in [1.82, 2.24) is 5.32 Å². The molecule has 0 aliphatic heterocycles. The third kappa shape index (κ3) is 3.22. The summed E-state index contributed by atoms with van der Waals surface area (Å²) in [4.78, 5) is 24.1. The van der Waals surface area contributed by atoms with Crippen LogP contribution in [0.25, 0.3) is 10.1 Å². The molecule has 1 aliphatic rings. The monoisotopic (exact) mass is 335 g/mol. The molecule has 6 heteroatoms. The Kier molecular flexibility index (Phi) is 4.35. The lowest BCUT2D eigenvalue weighted by molar-refractivity contribution is -0.142. The molecule has 3 rings (SSSR count). The van der Waals surface area contributed by atoms with Crippen LogP contribution in [0.15, 0.2) is 18.2 Å². The van der Waals surface area contributed by atoms with E-state index in [0.29, 0.717) is 30.6 Å². The molecule has 1 amide bonds. The van der Waals surface area contributed by atoms with Crippen LogP contribution in [0, 0.1) is 18.7 Å². The highest BCUT2D eigenvalue weighted by Gasteiger charge is 2.27. The van der Waals surface area contributed by atoms with Crippen LogP contribution in [0.2, 0.25) is 0 Å². The number of benzene rings is 1. The highest BCUT2D eigenvalue weighted by Crippen LogP contribution is 2.32. The van der Waals surface area contributed by atoms with Crippen molar-refractivity contribution in [2.45, 2.75) is 38.6 Å². The number of nitrogens with one attached hydrogen (secondary N) is 1. The van der Waals surface area contributed by atoms with Crippen LogP contribution in [0.4, 0.5) is 4.39 Å². The van der Waals surface area contributed by atoms with Crippen molar-refractivity contribution in [3.05, 3.63) is 34.5 Å². The van der Waals surface area contributed by atoms with Gasteiger partial charge in [-0.2, -0.15) is 0 Å². The predicted octanol–water partition coefficient (Wildman–Crippen LogP) is 3.72. The molecular weight excluding hydrogens is 317 g/mol. The second-order valence-corrected chi connectivity index (χ2v) is 7.11. The second kappa shape index (κ2) is 6.28. The summed E-state index contributed by atoms with van der Waals surface area (Å²) in [6, 6.07) is 4.56. The maximum Gasteiger partial charge on any atom is 0.306 e. The van der Waals surface area contributed by atoms with Crippen LogP contribution in [-0.2, 0) is 4.79 Å². The maximum atomic E-state index is 13.3. The second-order valence-electron chi connectivity index (χ2n) is 6.06. The smallest absolute Gasteiger partial charge is 0.306 e. The van der Waals surface area contributed by atoms with Gasteiger partial charge >= 0.3 is 5.97 Å². The standard InChI is InChI=1S/C17H18FNO3S/c1-9-13-7-4-11(18)8-14(13)23-15(9)16(20)19-12-5-2-10(3-6-12)17(21)22/h4,7-8,10,12H,2-3,5-6H2,1H3,(H,19,20)(H,21,22). The van der Waals surface area contributed by atoms with E-state index < -0.39 is 5.97 Å². The number of carbonyl (C=O) groups excluding carboxylic acids is 1. The average Bonchev–Trinajstić information content (AvgIpc) is 2.84. The van der Waals surface area contributed by atoms with Crippen LogP contribution in [0.3, 0.4) is 0 Å². The summed E-state index contributed by atoms with van der Waals surface area (Å²) in [6.45, 7) is 1.87. The van der Waals surface area contributed by atoms with Gasteiger partial charge in [-0.3, -0.25) is 9.59 Å². The number of carboxylic acids is 1. The van der Waals surface area contributed by atoms with E-state index in [1.165, 1.54) is 23.5 Å². The van der Waals surface area contributed by atoms with Crippen LogP contribution >= 0.6 is 11.3 Å². The normalized spacial score (nSPS) is 21.3. The number of carbonyl (C=O) groups is 2. The lowest BCUT2D eigenvalue weighted by Crippen LogP contribution is -2.38. The molecule has 0 radical (unpaired) electrons. The number of fused-ring (bicyclic) bond motifs is 1. The van der Waals surface area contributed by atoms with Crippen molar-refractivity contribution in [2.75, 3.05) is 0 Å². The maximum absolute atomic E-state index is 13.3. The fourth-order valence-electron chi connectivity index (χ4n) is 3.15. The molecule has 2 N–H and O–H groups in total. The van der Waals surface area contributed by atoms with Gasteiger partial charge in [-0.25, -0.2) is 4.39 Å². The first kappa shape index (κ1) is 15.9. The summed E-state index contributed by atoms with van der Waals surface area (Å²) in [5.41, 5.74) is 0.863. The molecule has 1 fully saturated rings. The van der Waals surface area contributed by atoms with E-state index in [1.54, 1.807) is 6.07 Å². The number of aliphatic carboxylic acids is 1. The van der Waals surface area contributed by atoms with Crippen molar-refractivity contribution in [2.24, 2.45) is 5.92 Å². The number of aryl methyl sites for hydroxylation is 1. The highest BCUT2D eigenvalue weighted by molar-refractivity contribution is 7.21. The minimum atomic E-state index is -0.753. The van der Waals surface area contributed by atoms with Crippen LogP contribution < -0.4 is 5.32 Å². The van der Waals surface area contributed by atoms with Crippen molar-refractivity contribution < 1.29 is 19.1 Å². The van der Waals surface area contributed by atoms with Crippen molar-refractivity contribution in [1.29, 1.82) is 0 Å². The molecule has 1 aliphatic carbocycles. The predicted molar refractivity (Wildman–Crippen MR) is 87.4 cm³/mol. The molecular formula is C17H18FNO3S. The average molecular weight is 335 g/mol. The Morgan fingerprint density at radius 1 is 1.26 bits per heavy atom. The molecule has 0 atom stereocenters. The van der Waals surface area contributed by atoms with Gasteiger partial charge in [-0.15, -0.1) is 11.3 Å². The molecule has 4 nitrogen and oxygen atoms in total. The number of hydrogen-bond donors (Lipinski definition) is 2. The van der Waals surface area contributed by atoms with Crippen molar-refractivity contribution in [3.63, 3.8) is 0 Å². The van der Waals surface area contributed by atoms with E-state index >= 15 is 0 Å². The largest absolute Gasteiger partial charge is 0.481 e. The van der Waals surface area contributed by atoms with Gasteiger partial charge in [-0.1, -0.05) is 6.07 Å². The summed E-state index contributed by atoms with van der Waals surface area (Å²) in [5, 5.41) is 12.9. The van der Waals surface area contributed by atoms with E-state index in [0.717, 1.165) is 15.6 Å². The number of carboxylic acid groups (broad SMARTS) is 1. The molecule has 0 bridgehead atoms. The molecule has 2 aromatic rings. The minimum Gasteiger partial charge on any atom is -0.481 e. The Labute approximate surface area is 137 Å². The van der Waals surface area contributed by atoms with Crippen molar-refractivity contribution >= 4 is 33.3 Å². The lowest BCUT2D eigenvalue weighted by atomic mass is 9.86. The Morgan fingerprint density at radius 2 is 1.96 bits per heavy atom. The number of amides is 1. The molecule has 0 unspecified atom stereocenters. The zero-order chi connectivity index (χ0) is 16.6. The van der Waals surface area contributed by atoms with Gasteiger partial charge in [0, 0.05) is 10.7 Å². The summed E-state index contributed by atoms with van der Waals surface area (Å²) in [6.07, 6.45) is 2.55. The van der Waals surface area contributed by atoms with Crippen LogP contribution in [-0.4, -0.2) is 23.0 Å². The Bertz CT molecular complexity index is 763. The Morgan fingerprint density at radius 3 is 2.61 bits per heavy atom. The van der Waals surface area contributed by atoms with Crippen LogP contribution in [0.1, 0.15) is 40.9 Å². The van der Waals surface area contributed by atoms with E-state index in [9.17, 15) is 14.0 Å². The van der Waals surface area contributed by atoms with Gasteiger partial charge in [0.1, 0.15) is 5.82 Å². The molecule has 1 aromatic heterocycles. The Balaban J connectivity index is 1.72. The first-order valence-electron chi connectivity index (χ1n) is 7.68. The van der Waals surface area contributed by atoms with Gasteiger partial charge in [0.25, 0.3) is 5.91 Å². The number of thiophene rings is 1. The minimum absolute atomic E-state index is 0.0134. The van der Waals surface area contributed by atoms with E-state index in [1.807, 2.05) is 6.92 Å². The summed E-state index contributed by atoms with van der Waals surface area (Å²) in [7, 11) is 0. The quantitative estimate of drug-likeness (QED) is 0.898. The number of hydrogen-bond acceptors (Lipinski definition) is 3. The molecule has 0 saturated heterocycles. The zero-order valence-electron chi connectivity index (χ0n) is 12.8. The first-order chi connectivity index (χ1) is 11.0. The molecule has 1 heterocycles. The fraction of sp³-hybridized carbons (Fsp3) is 0.412. The van der Waals surface area contributed by atoms with E-state index in [2.05, 4.69) is 5.32 Å². The van der Waals surface area contributed by atoms with Crippen molar-refractivity contribution in [3.8, 4) is 0 Å². The SMILES string of the molecule is Cc1c(C(=O)NC2CCC(C(=O)O)CC2)sc2cc(F)ccc12. The van der Waals surface area contributed by atoms with Gasteiger partial charge in [0.15, 0.2) is 0 Å². The van der Waals surface area contributed by atoms with E-state index in [4.69, 9.17) is 5.11 Å². The van der Waals surface area contributed by atoms with Gasteiger partial charge in [-0.05, 0) is 55.7 Å². The lowest BCUT2D eigenvalue weighted by Gasteiger charge is -2.26. The number of rotatable bonds is 3. The zero-order valence-corrected chi connectivity index (χ0v) is 13.6. The summed E-state index contributed by atoms with van der Waals surface area (Å²) >= 11 is 1.29. The molecule has 122 valence electrons. The van der Waals surface area contributed by atoms with Gasteiger partial charge in [0.05, 0.1) is 10.8 Å². The molecule has 0 spiro atoms. The van der Waals surface area contributed by atoms with Crippen LogP contribution in [0.5, 0.6) is 0 Å². The third-order valence-electron chi connectivity index (χ3n) is 4.52. The third-order valence-corrected chi connectivity index (χ3v) is 5.77. The molecule has 23 heavy (non-hydrogen) atoms. The topological polar surface area (TPSA) is 66.4 Å². The summed E-state index contributed by atoms with van der Waals surface area (Å²) in [5.74, 6) is -1.50. The Hall–Kier alpha value is -1.95. The van der Waals surface area contributed by atoms with E-state index in [-0.39, 0.29) is 23.7 Å². The van der Waals surface area contributed by atoms with Gasteiger partial charge in [0.2, 0.25) is 0 Å². The van der Waals surface area contributed by atoms with Gasteiger partial charge < -0.3 is 10.4 Å². The fourth-order valence-corrected chi connectivity index (χ4v) is 4.29. The number of halogens is 1. The highest BCUT2D eigenvalue weighted by atomic mass is 32.1. The molecule has 1 aromatic carbocycles. The summed E-state index contributed by atoms with van der Waals surface area (Å²) < 4.78 is 14.1.